The lowest BCUT2D eigenvalue weighted by atomic mass is 9.83. The fourth-order valence-electron chi connectivity index (χ4n) is 5.50. The monoisotopic (exact) mass is 692 g/mol. The molecule has 1 aromatic heterocycles. The second-order valence-corrected chi connectivity index (χ2v) is 14.0. The molecule has 3 unspecified atom stereocenters. The number of alkyl halides is 3. The van der Waals surface area contributed by atoms with Crippen molar-refractivity contribution in [3.05, 3.63) is 104 Å². The molecule has 3 amide bonds. The summed E-state index contributed by atoms with van der Waals surface area (Å²) < 4.78 is 79.8. The van der Waals surface area contributed by atoms with E-state index < -0.39 is 79.5 Å². The highest BCUT2D eigenvalue weighted by atomic mass is 32.2. The Kier molecular flexibility index (Phi) is 7.90. The zero-order valence-electron chi connectivity index (χ0n) is 23.0. The zero-order chi connectivity index (χ0) is 33.1. The lowest BCUT2D eigenvalue weighted by Crippen LogP contribution is -2.33. The number of nitrogens with two attached hydrogens (primary N) is 1. The Balaban J connectivity index is 1.39. The Hall–Kier alpha value is -4.32. The van der Waals surface area contributed by atoms with Gasteiger partial charge in [-0.05, 0) is 54.1 Å². The van der Waals surface area contributed by atoms with Crippen molar-refractivity contribution in [1.29, 1.82) is 0 Å². The van der Waals surface area contributed by atoms with E-state index in [0.717, 1.165) is 46.7 Å². The number of hydrogen-bond donors (Lipinski definition) is 2. The number of benzene rings is 3. The molecule has 3 aromatic carbocycles. The van der Waals surface area contributed by atoms with Gasteiger partial charge in [0.05, 0.1) is 27.1 Å². The van der Waals surface area contributed by atoms with E-state index >= 15 is 0 Å². The summed E-state index contributed by atoms with van der Waals surface area (Å²) in [6.07, 6.45) is -4.88. The smallest absolute Gasteiger partial charge is 0.325 e. The van der Waals surface area contributed by atoms with Crippen molar-refractivity contribution in [1.82, 2.24) is 4.57 Å². The van der Waals surface area contributed by atoms with Crippen molar-refractivity contribution in [3.8, 4) is 0 Å². The van der Waals surface area contributed by atoms with E-state index in [2.05, 4.69) is 5.32 Å². The van der Waals surface area contributed by atoms with Gasteiger partial charge >= 0.3 is 11.0 Å². The topological polar surface area (TPSA) is 149 Å². The molecule has 1 fully saturated rings. The molecule has 3 atom stereocenters. The standard InChI is InChI=1S/C29H20F4N4O6S3/c30-15-7-5-14(6-8-15)21-22-23(26(40)37(25(22)39)19-4-2-1-3-18(19)29(31,32)33)44-27-24(21)45-28(41)36(27)13-20(38)35-16-9-11-17(12-10-16)46(34,42)43/h1-12,21-23H,13H2,(H,35,38)(H2,34,42,43). The van der Waals surface area contributed by atoms with Crippen LogP contribution in [0.15, 0.2) is 87.5 Å². The Morgan fingerprint density at radius 3 is 2.22 bits per heavy atom. The number of imide groups is 1. The highest BCUT2D eigenvalue weighted by molar-refractivity contribution is 8.00. The van der Waals surface area contributed by atoms with Gasteiger partial charge in [0.1, 0.15) is 17.6 Å². The van der Waals surface area contributed by atoms with Gasteiger partial charge in [0.25, 0.3) is 0 Å². The van der Waals surface area contributed by atoms with Gasteiger partial charge in [-0.2, -0.15) is 13.2 Å². The number of para-hydroxylation sites is 1. The van der Waals surface area contributed by atoms with Crippen molar-refractivity contribution >= 4 is 62.2 Å². The van der Waals surface area contributed by atoms with Crippen LogP contribution in [0.5, 0.6) is 0 Å². The fraction of sp³-hybridized carbons (Fsp3) is 0.172. The van der Waals surface area contributed by atoms with Crippen LogP contribution in [0.1, 0.15) is 21.9 Å². The lowest BCUT2D eigenvalue weighted by molar-refractivity contribution is -0.137. The Morgan fingerprint density at radius 1 is 0.935 bits per heavy atom. The van der Waals surface area contributed by atoms with E-state index in [1.165, 1.54) is 42.5 Å². The number of hydrogen-bond acceptors (Lipinski definition) is 8. The van der Waals surface area contributed by atoms with Crippen LogP contribution in [0.4, 0.5) is 28.9 Å². The molecule has 2 aliphatic rings. The summed E-state index contributed by atoms with van der Waals surface area (Å²) in [7, 11) is -3.97. The number of thioether (sulfide) groups is 1. The molecule has 0 aliphatic carbocycles. The summed E-state index contributed by atoms with van der Waals surface area (Å²) >= 11 is 1.50. The number of anilines is 2. The van der Waals surface area contributed by atoms with E-state index in [-0.39, 0.29) is 15.6 Å². The minimum absolute atomic E-state index is 0.164. The average Bonchev–Trinajstić information content (AvgIpc) is 3.43. The van der Waals surface area contributed by atoms with Crippen LogP contribution >= 0.6 is 23.1 Å². The minimum atomic E-state index is -4.88. The van der Waals surface area contributed by atoms with Gasteiger partial charge in [0.15, 0.2) is 0 Å². The van der Waals surface area contributed by atoms with Crippen LogP contribution in [0.3, 0.4) is 0 Å². The predicted octanol–water partition coefficient (Wildman–Crippen LogP) is 4.15. The van der Waals surface area contributed by atoms with Gasteiger partial charge in [-0.15, -0.1) is 0 Å². The Bertz CT molecular complexity index is 2060. The quantitative estimate of drug-likeness (QED) is 0.228. The zero-order valence-corrected chi connectivity index (χ0v) is 25.5. The first kappa shape index (κ1) is 31.7. The summed E-state index contributed by atoms with van der Waals surface area (Å²) in [5, 5.41) is 6.52. The van der Waals surface area contributed by atoms with Crippen molar-refractivity contribution < 1.29 is 40.4 Å². The first-order valence-corrected chi connectivity index (χ1v) is 16.5. The van der Waals surface area contributed by atoms with Gasteiger partial charge in [0.2, 0.25) is 27.7 Å². The third kappa shape index (κ3) is 5.63. The molecule has 17 heteroatoms. The maximum atomic E-state index is 13.9. The molecule has 0 radical (unpaired) electrons. The van der Waals surface area contributed by atoms with Crippen LogP contribution in [-0.2, 0) is 37.1 Å². The summed E-state index contributed by atoms with van der Waals surface area (Å²) in [6.45, 7) is -0.551. The molecule has 3 heterocycles. The maximum Gasteiger partial charge on any atom is 0.418 e. The van der Waals surface area contributed by atoms with Crippen LogP contribution in [0, 0.1) is 11.7 Å². The number of amides is 3. The second-order valence-electron chi connectivity index (χ2n) is 10.4. The molecule has 10 nitrogen and oxygen atoms in total. The summed E-state index contributed by atoms with van der Waals surface area (Å²) in [5.41, 5.74) is -1.27. The van der Waals surface area contributed by atoms with Gasteiger partial charge < -0.3 is 5.32 Å². The summed E-state index contributed by atoms with van der Waals surface area (Å²) in [6, 6.07) is 14.1. The first-order valence-electron chi connectivity index (χ1n) is 13.3. The van der Waals surface area contributed by atoms with Crippen LogP contribution in [-0.4, -0.2) is 36.0 Å². The van der Waals surface area contributed by atoms with Crippen molar-refractivity contribution in [3.63, 3.8) is 0 Å². The van der Waals surface area contributed by atoms with E-state index in [1.807, 2.05) is 0 Å². The van der Waals surface area contributed by atoms with E-state index in [0.29, 0.717) is 26.7 Å². The number of fused-ring (bicyclic) bond motifs is 2. The molecule has 6 rings (SSSR count). The SMILES string of the molecule is NS(=O)(=O)c1ccc(NC(=O)Cn2c3c(sc2=O)C(c2ccc(F)cc2)C2C(=O)N(c4ccccc4C(F)(F)F)C(=O)C2S3)cc1. The normalized spacial score (nSPS) is 19.6. The lowest BCUT2D eigenvalue weighted by Gasteiger charge is -2.30. The number of rotatable bonds is 6. The van der Waals surface area contributed by atoms with Crippen molar-refractivity contribution in [2.75, 3.05) is 10.2 Å². The van der Waals surface area contributed by atoms with Gasteiger partial charge in [-0.1, -0.05) is 47.4 Å². The van der Waals surface area contributed by atoms with E-state index in [9.17, 15) is 45.2 Å². The number of nitrogens with zero attached hydrogens (tertiary/aromatic N) is 2. The summed E-state index contributed by atoms with van der Waals surface area (Å²) in [4.78, 5) is 54.0. The number of carbonyl (C=O) groups is 3. The van der Waals surface area contributed by atoms with Gasteiger partial charge in [-0.25, -0.2) is 22.8 Å². The van der Waals surface area contributed by atoms with Crippen LogP contribution in [0.2, 0.25) is 0 Å². The molecule has 0 bridgehead atoms. The van der Waals surface area contributed by atoms with Crippen molar-refractivity contribution in [2.24, 2.45) is 11.1 Å². The first-order chi connectivity index (χ1) is 21.6. The van der Waals surface area contributed by atoms with Gasteiger partial charge in [-0.3, -0.25) is 23.7 Å². The molecule has 3 N–H and O–H groups in total. The molecular weight excluding hydrogens is 673 g/mol. The van der Waals surface area contributed by atoms with Crippen molar-refractivity contribution in [2.45, 2.75) is 33.8 Å². The maximum absolute atomic E-state index is 13.9. The molecule has 2 aliphatic heterocycles. The highest BCUT2D eigenvalue weighted by Gasteiger charge is 2.57. The summed E-state index contributed by atoms with van der Waals surface area (Å²) in [5.74, 6) is -5.39. The predicted molar refractivity (Wildman–Crippen MR) is 160 cm³/mol. The number of sulfonamides is 1. The largest absolute Gasteiger partial charge is 0.418 e. The molecular formula is C29H20F4N4O6S3. The Labute approximate surface area is 265 Å². The molecule has 238 valence electrons. The fourth-order valence-corrected chi connectivity index (χ4v) is 8.79. The third-order valence-electron chi connectivity index (χ3n) is 7.50. The number of aromatic nitrogens is 1. The molecule has 0 saturated carbocycles. The molecule has 1 saturated heterocycles. The number of carbonyl (C=O) groups excluding carboxylic acids is 3. The average molecular weight is 693 g/mol. The molecule has 46 heavy (non-hydrogen) atoms. The minimum Gasteiger partial charge on any atom is -0.325 e. The van der Waals surface area contributed by atoms with E-state index in [1.54, 1.807) is 0 Å². The van der Waals surface area contributed by atoms with Crippen LogP contribution in [0.25, 0.3) is 0 Å². The third-order valence-corrected chi connectivity index (χ3v) is 11.0. The number of primary sulfonamides is 1. The Morgan fingerprint density at radius 2 is 1.59 bits per heavy atom. The number of halogens is 4. The van der Waals surface area contributed by atoms with Gasteiger partial charge in [0, 0.05) is 16.5 Å². The van der Waals surface area contributed by atoms with E-state index in [4.69, 9.17) is 5.14 Å². The number of nitrogens with one attached hydrogen (secondary N) is 1. The second kappa shape index (κ2) is 11.5. The van der Waals surface area contributed by atoms with Crippen LogP contribution < -0.4 is 20.2 Å². The highest BCUT2D eigenvalue weighted by Crippen LogP contribution is 2.54. The molecule has 4 aromatic rings. The number of thiazole rings is 1. The molecule has 0 spiro atoms.